The molecule has 3 aromatic carbocycles. The molecule has 12 nitrogen and oxygen atoms in total. The number of aliphatic hydroxyl groups excluding tert-OH is 1. The van der Waals surface area contributed by atoms with Crippen LogP contribution in [0.3, 0.4) is 0 Å². The van der Waals surface area contributed by atoms with Gasteiger partial charge < -0.3 is 24.2 Å². The van der Waals surface area contributed by atoms with Crippen LogP contribution in [0, 0.1) is 5.92 Å². The van der Waals surface area contributed by atoms with E-state index in [2.05, 4.69) is 4.72 Å². The third-order valence-corrected chi connectivity index (χ3v) is 11.8. The van der Waals surface area contributed by atoms with Crippen molar-refractivity contribution in [2.75, 3.05) is 45.2 Å². The van der Waals surface area contributed by atoms with E-state index in [4.69, 9.17) is 14.2 Å². The highest BCUT2D eigenvalue weighted by Gasteiger charge is 2.32. The van der Waals surface area contributed by atoms with Gasteiger partial charge in [-0.15, -0.1) is 0 Å². The molecule has 0 saturated carbocycles. The summed E-state index contributed by atoms with van der Waals surface area (Å²) < 4.78 is 74.8. The zero-order valence-electron chi connectivity index (χ0n) is 28.6. The molecule has 0 fully saturated rings. The maximum absolute atomic E-state index is 14.4. The second kappa shape index (κ2) is 16.8. The Kier molecular flexibility index (Phi) is 13.1. The van der Waals surface area contributed by atoms with Gasteiger partial charge in [0.1, 0.15) is 11.5 Å². The third-order valence-electron chi connectivity index (χ3n) is 8.56. The van der Waals surface area contributed by atoms with Crippen molar-refractivity contribution in [1.82, 2.24) is 9.21 Å². The van der Waals surface area contributed by atoms with Crippen LogP contribution in [0.5, 0.6) is 11.5 Å². The van der Waals surface area contributed by atoms with Crippen molar-refractivity contribution >= 4 is 31.6 Å². The number of hydrogen-bond donors (Lipinski definition) is 2. The minimum atomic E-state index is -3.95. The number of likely N-dealkylation sites (N-methyl/N-ethyl adjacent to an activating group) is 1. The zero-order valence-corrected chi connectivity index (χ0v) is 30.2. The Labute approximate surface area is 290 Å². The molecule has 1 aliphatic rings. The summed E-state index contributed by atoms with van der Waals surface area (Å²) >= 11 is 0. The number of carbonyl (C=O) groups excluding carboxylic acids is 1. The molecule has 4 atom stereocenters. The van der Waals surface area contributed by atoms with Crippen LogP contribution in [0.15, 0.2) is 82.6 Å². The highest BCUT2D eigenvalue weighted by molar-refractivity contribution is 7.92. The summed E-state index contributed by atoms with van der Waals surface area (Å²) in [5, 5.41) is 10.2. The van der Waals surface area contributed by atoms with Gasteiger partial charge in [0.2, 0.25) is 10.0 Å². The lowest BCUT2D eigenvalue weighted by Gasteiger charge is -2.35. The average molecular weight is 718 g/mol. The van der Waals surface area contributed by atoms with Gasteiger partial charge in [0.05, 0.1) is 47.3 Å². The minimum Gasteiger partial charge on any atom is -0.497 e. The molecule has 0 saturated heterocycles. The number of amides is 1. The molecule has 49 heavy (non-hydrogen) atoms. The van der Waals surface area contributed by atoms with Crippen LogP contribution in [0.2, 0.25) is 0 Å². The molecule has 1 heterocycles. The van der Waals surface area contributed by atoms with Crippen molar-refractivity contribution < 1.29 is 40.9 Å². The lowest BCUT2D eigenvalue weighted by molar-refractivity contribution is -0.00833. The second-order valence-corrected chi connectivity index (χ2v) is 16.1. The topological polar surface area (TPSA) is 152 Å². The number of nitrogens with zero attached hydrogens (tertiary/aromatic N) is 2. The predicted molar refractivity (Wildman–Crippen MR) is 187 cm³/mol. The van der Waals surface area contributed by atoms with Crippen molar-refractivity contribution in [2.45, 2.75) is 68.1 Å². The van der Waals surface area contributed by atoms with Crippen LogP contribution < -0.4 is 14.2 Å². The van der Waals surface area contributed by atoms with Gasteiger partial charge in [0, 0.05) is 38.3 Å². The Morgan fingerprint density at radius 3 is 2.35 bits per heavy atom. The maximum Gasteiger partial charge on any atom is 0.261 e. The van der Waals surface area contributed by atoms with Crippen molar-refractivity contribution in [2.24, 2.45) is 5.92 Å². The quantitative estimate of drug-likeness (QED) is 0.306. The molecule has 3 aromatic rings. The summed E-state index contributed by atoms with van der Waals surface area (Å²) in [5.41, 5.74) is 0.297. The fraction of sp³-hybridized carbons (Fsp3) is 0.457. The average Bonchev–Trinajstić information content (AvgIpc) is 3.09. The van der Waals surface area contributed by atoms with Crippen LogP contribution in [0.1, 0.15) is 50.4 Å². The van der Waals surface area contributed by atoms with Crippen LogP contribution in [0.25, 0.3) is 0 Å². The van der Waals surface area contributed by atoms with Crippen molar-refractivity contribution in [1.29, 1.82) is 0 Å². The first-order valence-corrected chi connectivity index (χ1v) is 19.2. The van der Waals surface area contributed by atoms with Gasteiger partial charge in [-0.25, -0.2) is 16.8 Å². The molecule has 0 unspecified atom stereocenters. The SMILES string of the molecule is COc1ccc(S(=O)(=O)N(C)C[C@H]2OCCCC[C@@H](C)Oc3ccc(NS(=O)(=O)c4ccccc4)cc3C(=O)N([C@@H](C)CO)C[C@H]2C)cc1. The van der Waals surface area contributed by atoms with Crippen LogP contribution in [-0.2, 0) is 24.8 Å². The number of rotatable bonds is 10. The molecule has 1 aliphatic heterocycles. The Bertz CT molecular complexity index is 1750. The largest absolute Gasteiger partial charge is 0.497 e. The highest BCUT2D eigenvalue weighted by Crippen LogP contribution is 2.30. The number of nitrogens with one attached hydrogen (secondary N) is 1. The van der Waals surface area contributed by atoms with Crippen molar-refractivity contribution in [3.8, 4) is 11.5 Å². The van der Waals surface area contributed by atoms with Crippen LogP contribution in [-0.4, -0.2) is 95.8 Å². The van der Waals surface area contributed by atoms with E-state index in [1.54, 1.807) is 49.4 Å². The molecule has 1 amide bonds. The Balaban J connectivity index is 1.66. The summed E-state index contributed by atoms with van der Waals surface area (Å²) in [6.45, 7) is 5.63. The fourth-order valence-corrected chi connectivity index (χ4v) is 7.80. The van der Waals surface area contributed by atoms with E-state index in [9.17, 15) is 26.7 Å². The van der Waals surface area contributed by atoms with E-state index in [1.807, 2.05) is 13.8 Å². The molecular weight excluding hydrogens is 671 g/mol. The first-order valence-electron chi connectivity index (χ1n) is 16.3. The minimum absolute atomic E-state index is 0.0204. The Hall–Kier alpha value is -3.69. The number of aliphatic hydroxyl groups is 1. The predicted octanol–water partition coefficient (Wildman–Crippen LogP) is 4.61. The van der Waals surface area contributed by atoms with E-state index in [0.717, 1.165) is 6.42 Å². The molecule has 14 heteroatoms. The molecular formula is C35H47N3O9S2. The molecule has 2 N–H and O–H groups in total. The number of methoxy groups -OCH3 is 1. The number of benzene rings is 3. The van der Waals surface area contributed by atoms with E-state index < -0.39 is 38.1 Å². The van der Waals surface area contributed by atoms with Gasteiger partial charge in [-0.2, -0.15) is 4.31 Å². The summed E-state index contributed by atoms with van der Waals surface area (Å²) in [6.07, 6.45) is 1.24. The van der Waals surface area contributed by atoms with Gasteiger partial charge in [-0.05, 0) is 87.7 Å². The summed E-state index contributed by atoms with van der Waals surface area (Å²) in [7, 11) is -4.82. The second-order valence-electron chi connectivity index (χ2n) is 12.4. The standard InChI is InChI=1S/C35H47N3O9S2/c1-25-22-38(26(2)24-39)35(40)32-21-28(36-48(41,42)30-12-7-6-8-13-30)14-19-33(32)47-27(3)11-9-10-20-46-34(25)23-37(4)49(43,44)31-17-15-29(45-5)16-18-31/h6-8,12-19,21,25-27,34,36,39H,9-11,20,22-24H2,1-5H3/t25-,26+,27-,34-/m1/s1. The van der Waals surface area contributed by atoms with Gasteiger partial charge in [-0.3, -0.25) is 9.52 Å². The maximum atomic E-state index is 14.4. The normalized spacial score (nSPS) is 20.5. The van der Waals surface area contributed by atoms with Gasteiger partial charge in [0.15, 0.2) is 0 Å². The lowest BCUT2D eigenvalue weighted by atomic mass is 10.0. The first kappa shape index (κ1) is 38.1. The van der Waals surface area contributed by atoms with Crippen molar-refractivity contribution in [3.05, 3.63) is 78.4 Å². The highest BCUT2D eigenvalue weighted by atomic mass is 32.2. The van der Waals surface area contributed by atoms with E-state index >= 15 is 0 Å². The summed E-state index contributed by atoms with van der Waals surface area (Å²) in [5.74, 6) is -0.0312. The van der Waals surface area contributed by atoms with Crippen molar-refractivity contribution in [3.63, 3.8) is 0 Å². The molecule has 4 rings (SSSR count). The number of anilines is 1. The Morgan fingerprint density at radius 2 is 1.69 bits per heavy atom. The molecule has 0 bridgehead atoms. The molecule has 0 aromatic heterocycles. The van der Waals surface area contributed by atoms with Gasteiger partial charge in [-0.1, -0.05) is 25.1 Å². The number of ether oxygens (including phenoxy) is 3. The van der Waals surface area contributed by atoms with Crippen LogP contribution in [0.4, 0.5) is 5.69 Å². The fourth-order valence-electron chi connectivity index (χ4n) is 5.54. The molecule has 0 aliphatic carbocycles. The number of sulfonamides is 2. The first-order chi connectivity index (χ1) is 23.3. The number of fused-ring (bicyclic) bond motifs is 1. The molecule has 268 valence electrons. The smallest absolute Gasteiger partial charge is 0.261 e. The van der Waals surface area contributed by atoms with E-state index in [1.165, 1.54) is 53.7 Å². The van der Waals surface area contributed by atoms with E-state index in [-0.39, 0.29) is 58.5 Å². The monoisotopic (exact) mass is 717 g/mol. The number of carbonyl (C=O) groups is 1. The Morgan fingerprint density at radius 1 is 1.00 bits per heavy atom. The van der Waals surface area contributed by atoms with Crippen LogP contribution >= 0.6 is 0 Å². The summed E-state index contributed by atoms with van der Waals surface area (Å²) in [4.78, 5) is 16.0. The van der Waals surface area contributed by atoms with E-state index in [0.29, 0.717) is 25.2 Å². The molecule has 0 spiro atoms. The van der Waals surface area contributed by atoms with Gasteiger partial charge >= 0.3 is 0 Å². The summed E-state index contributed by atoms with van der Waals surface area (Å²) in [6, 6.07) is 18.0. The van der Waals surface area contributed by atoms with Gasteiger partial charge in [0.25, 0.3) is 15.9 Å². The zero-order chi connectivity index (χ0) is 35.8. The third kappa shape index (κ3) is 9.73. The lowest BCUT2D eigenvalue weighted by Crippen LogP contribution is -2.48. The molecule has 0 radical (unpaired) electrons. The number of hydrogen-bond acceptors (Lipinski definition) is 9.